The van der Waals surface area contributed by atoms with E-state index in [0.717, 1.165) is 39.6 Å². The Morgan fingerprint density at radius 1 is 0.581 bits per heavy atom. The Bertz CT molecular complexity index is 2010. The van der Waals surface area contributed by atoms with Gasteiger partial charge in [0.15, 0.2) is 0 Å². The first kappa shape index (κ1) is 25.9. The number of fused-ring (bicyclic) bond motifs is 11. The Morgan fingerprint density at radius 3 is 1.86 bits per heavy atom. The van der Waals surface area contributed by atoms with Crippen LogP contribution >= 0.6 is 0 Å². The smallest absolute Gasteiger partial charge is 0.324 e. The van der Waals surface area contributed by atoms with Crippen LogP contribution in [0.5, 0.6) is 0 Å². The summed E-state index contributed by atoms with van der Waals surface area (Å²) in [6.45, 7) is 2.09. The Morgan fingerprint density at radius 2 is 1.19 bits per heavy atom. The third-order valence-corrected chi connectivity index (χ3v) is 8.37. The molecule has 0 aliphatic carbocycles. The largest absolute Gasteiger partial charge is 0.500 e. The maximum atomic E-state index is 4.50. The predicted octanol–water partition coefficient (Wildman–Crippen LogP) is 6.29. The number of nitrogens with zero attached hydrogens (tertiary/aromatic N) is 5. The summed E-state index contributed by atoms with van der Waals surface area (Å²) in [6, 6.07) is 46.2. The van der Waals surface area contributed by atoms with E-state index in [-0.39, 0.29) is 27.3 Å². The first-order chi connectivity index (χ1) is 20.8. The summed E-state index contributed by atoms with van der Waals surface area (Å²) in [5, 5.41) is 4.50. The molecule has 9 rings (SSSR count). The Kier molecular flexibility index (Phi) is 6.11. The van der Waals surface area contributed by atoms with E-state index in [1.807, 2.05) is 23.0 Å². The van der Waals surface area contributed by atoms with Crippen molar-refractivity contribution in [2.45, 2.75) is 0 Å². The van der Waals surface area contributed by atoms with Gasteiger partial charge in [0.05, 0.1) is 0 Å². The van der Waals surface area contributed by atoms with E-state index in [1.54, 1.807) is 6.20 Å². The molecule has 0 unspecified atom stereocenters. The zero-order valence-electron chi connectivity index (χ0n) is 22.9. The number of benzene rings is 5. The molecule has 5 nitrogen and oxygen atoms in total. The average molecular weight is 643 g/mol. The van der Waals surface area contributed by atoms with E-state index in [0.29, 0.717) is 0 Å². The summed E-state index contributed by atoms with van der Waals surface area (Å²) < 4.78 is 1.87. The van der Waals surface area contributed by atoms with Crippen molar-refractivity contribution in [3.63, 3.8) is 0 Å². The van der Waals surface area contributed by atoms with Crippen molar-refractivity contribution in [1.82, 2.24) is 9.78 Å². The second kappa shape index (κ2) is 10.2. The van der Waals surface area contributed by atoms with E-state index in [9.17, 15) is 0 Å². The molecule has 0 bridgehead atoms. The van der Waals surface area contributed by atoms with E-state index < -0.39 is 0 Å². The quantitative estimate of drug-likeness (QED) is 0.168. The standard InChI is InChI=1S/C36H23BN5.Pd/c1-2-9-26(10-3-1)39-21-22-40(25-39)27-15-17-31-29-11-4-6-13-33(29)37-34-14-7-5-12-30(34)32-18-16-28(41-20-8-19-38-41)24-36(32)42(37)35(31)23-27;/h1-22,25H;/q-3;. The van der Waals surface area contributed by atoms with Crippen LogP contribution in [0.25, 0.3) is 27.9 Å². The summed E-state index contributed by atoms with van der Waals surface area (Å²) in [7, 11) is 0. The van der Waals surface area contributed by atoms with Crippen LogP contribution in [0.3, 0.4) is 0 Å². The van der Waals surface area contributed by atoms with Crippen molar-refractivity contribution in [2.24, 2.45) is 0 Å². The second-order valence-corrected chi connectivity index (χ2v) is 10.7. The van der Waals surface area contributed by atoms with Crippen LogP contribution in [-0.4, -0.2) is 16.6 Å². The Balaban J connectivity index is 0.00000278. The van der Waals surface area contributed by atoms with Crippen molar-refractivity contribution in [3.05, 3.63) is 153 Å². The third-order valence-electron chi connectivity index (χ3n) is 8.37. The molecule has 0 N–H and O–H groups in total. The molecule has 0 radical (unpaired) electrons. The summed E-state index contributed by atoms with van der Waals surface area (Å²) in [4.78, 5) is 6.69. The maximum Gasteiger partial charge on any atom is 0.324 e. The van der Waals surface area contributed by atoms with Crippen molar-refractivity contribution >= 4 is 40.5 Å². The summed E-state index contributed by atoms with van der Waals surface area (Å²) in [5.41, 5.74) is 12.4. The van der Waals surface area contributed by atoms with E-state index in [1.165, 1.54) is 22.1 Å². The molecule has 7 heteroatoms. The fourth-order valence-corrected chi connectivity index (χ4v) is 6.48. The van der Waals surface area contributed by atoms with Crippen LogP contribution in [0.15, 0.2) is 134 Å². The van der Waals surface area contributed by atoms with Crippen LogP contribution in [0.2, 0.25) is 0 Å². The molecule has 0 saturated carbocycles. The summed E-state index contributed by atoms with van der Waals surface area (Å²) in [6.07, 6.45) is 7.93. The monoisotopic (exact) mass is 642 g/mol. The van der Waals surface area contributed by atoms with Gasteiger partial charge >= 0.3 is 6.85 Å². The van der Waals surface area contributed by atoms with Gasteiger partial charge in [-0.1, -0.05) is 100 Å². The molecule has 6 aromatic rings. The molecule has 208 valence electrons. The molecular weight excluding hydrogens is 620 g/mol. The zero-order chi connectivity index (χ0) is 27.6. The van der Waals surface area contributed by atoms with Crippen LogP contribution in [-0.2, 0) is 20.4 Å². The average Bonchev–Trinajstić information content (AvgIpc) is 3.78. The molecule has 1 aromatic heterocycles. The Labute approximate surface area is 265 Å². The Hall–Kier alpha value is -4.82. The fourth-order valence-electron chi connectivity index (χ4n) is 6.48. The van der Waals surface area contributed by atoms with E-state index in [4.69, 9.17) is 0 Å². The minimum absolute atomic E-state index is 0. The molecule has 3 aliphatic heterocycles. The van der Waals surface area contributed by atoms with E-state index in [2.05, 4.69) is 148 Å². The fraction of sp³-hybridized carbons (Fsp3) is 0. The first-order valence-electron chi connectivity index (χ1n) is 14.1. The van der Waals surface area contributed by atoms with Gasteiger partial charge in [0.2, 0.25) is 0 Å². The van der Waals surface area contributed by atoms with Gasteiger partial charge in [-0.2, -0.15) is 17.2 Å². The summed E-state index contributed by atoms with van der Waals surface area (Å²) in [5.74, 6) is 0. The number of hydrogen-bond donors (Lipinski definition) is 0. The van der Waals surface area contributed by atoms with Crippen LogP contribution < -0.4 is 25.5 Å². The molecule has 43 heavy (non-hydrogen) atoms. The summed E-state index contributed by atoms with van der Waals surface area (Å²) >= 11 is 0. The minimum Gasteiger partial charge on any atom is -0.500 e. The van der Waals surface area contributed by atoms with Gasteiger partial charge < -0.3 is 14.6 Å². The van der Waals surface area contributed by atoms with Gasteiger partial charge in [0.1, 0.15) is 0 Å². The predicted molar refractivity (Wildman–Crippen MR) is 171 cm³/mol. The van der Waals surface area contributed by atoms with Crippen LogP contribution in [0, 0.1) is 18.8 Å². The topological polar surface area (TPSA) is 27.5 Å². The van der Waals surface area contributed by atoms with Gasteiger partial charge in [-0.15, -0.1) is 47.7 Å². The molecule has 0 atom stereocenters. The minimum atomic E-state index is -0.00746. The third kappa shape index (κ3) is 4.00. The van der Waals surface area contributed by atoms with Crippen LogP contribution in [0.4, 0.5) is 22.7 Å². The van der Waals surface area contributed by atoms with Crippen molar-refractivity contribution in [3.8, 4) is 27.9 Å². The van der Waals surface area contributed by atoms with Crippen LogP contribution in [0.1, 0.15) is 0 Å². The molecular formula is C36H23BN5Pd-3. The van der Waals surface area contributed by atoms with Gasteiger partial charge in [-0.05, 0) is 36.3 Å². The first-order valence-corrected chi connectivity index (χ1v) is 14.1. The maximum absolute atomic E-state index is 4.50. The number of para-hydroxylation sites is 1. The van der Waals surface area contributed by atoms with Gasteiger partial charge in [-0.3, -0.25) is 4.68 Å². The number of rotatable bonds is 3. The molecule has 5 aromatic carbocycles. The molecule has 4 heterocycles. The molecule has 0 saturated heterocycles. The van der Waals surface area contributed by atoms with Gasteiger partial charge in [0, 0.05) is 38.5 Å². The number of aromatic nitrogens is 2. The van der Waals surface area contributed by atoms with Crippen molar-refractivity contribution < 1.29 is 20.4 Å². The van der Waals surface area contributed by atoms with E-state index >= 15 is 0 Å². The normalized spacial score (nSPS) is 14.0. The molecule has 0 fully saturated rings. The second-order valence-electron chi connectivity index (χ2n) is 10.7. The molecule has 3 aliphatic rings. The van der Waals surface area contributed by atoms with Gasteiger partial charge in [-0.25, -0.2) is 0 Å². The molecule has 0 spiro atoms. The van der Waals surface area contributed by atoms with Gasteiger partial charge in [0.25, 0.3) is 0 Å². The zero-order valence-corrected chi connectivity index (χ0v) is 24.5. The number of hydrogen-bond acceptors (Lipinski definition) is 4. The van der Waals surface area contributed by atoms with Crippen molar-refractivity contribution in [1.29, 1.82) is 0 Å². The van der Waals surface area contributed by atoms with Crippen molar-refractivity contribution in [2.75, 3.05) is 14.6 Å². The SMILES string of the molecule is [Pd].[c-]1c(N2C=CN(c3ccccc3)[CH-]2)ccc2c1N1B(c3ccccc3-2)c2ccccc2-c2ccc(-n3cccn3)[c-]c21. The number of anilines is 4. The molecule has 0 amide bonds.